The summed E-state index contributed by atoms with van der Waals surface area (Å²) in [6, 6.07) is 8.60. The van der Waals surface area contributed by atoms with Gasteiger partial charge in [0.05, 0.1) is 16.8 Å². The molecule has 0 amide bonds. The smallest absolute Gasteiger partial charge is 0.123 e. The third-order valence-corrected chi connectivity index (χ3v) is 4.20. The Balaban J connectivity index is 1.74. The van der Waals surface area contributed by atoms with Crippen LogP contribution in [0.4, 0.5) is 10.1 Å². The van der Waals surface area contributed by atoms with Crippen molar-refractivity contribution in [2.24, 2.45) is 0 Å². The minimum absolute atomic E-state index is 0.213. The number of aryl methyl sites for hydroxylation is 1. The van der Waals surface area contributed by atoms with E-state index < -0.39 is 0 Å². The van der Waals surface area contributed by atoms with Gasteiger partial charge in [0.15, 0.2) is 0 Å². The minimum atomic E-state index is -0.213. The lowest BCUT2D eigenvalue weighted by Crippen LogP contribution is -1.99. The molecule has 2 aromatic heterocycles. The van der Waals surface area contributed by atoms with Crippen LogP contribution in [0.1, 0.15) is 10.4 Å². The number of hydrogen-bond acceptors (Lipinski definition) is 4. The first kappa shape index (κ1) is 13.7. The molecule has 0 atom stereocenters. The number of nitrogens with zero attached hydrogens (tertiary/aromatic N) is 2. The van der Waals surface area contributed by atoms with Gasteiger partial charge in [0.25, 0.3) is 0 Å². The number of hydrogen-bond donors (Lipinski definition) is 1. The first-order chi connectivity index (χ1) is 10.2. The second kappa shape index (κ2) is 6.01. The van der Waals surface area contributed by atoms with Gasteiger partial charge in [-0.2, -0.15) is 0 Å². The summed E-state index contributed by atoms with van der Waals surface area (Å²) in [5.41, 5.74) is 2.99. The van der Waals surface area contributed by atoms with E-state index in [2.05, 4.69) is 28.3 Å². The molecule has 106 valence electrons. The van der Waals surface area contributed by atoms with Crippen LogP contribution in [0, 0.1) is 12.7 Å². The molecule has 0 unspecified atom stereocenters. The quantitative estimate of drug-likeness (QED) is 0.782. The van der Waals surface area contributed by atoms with E-state index >= 15 is 0 Å². The molecule has 0 aliphatic carbocycles. The largest absolute Gasteiger partial charge is 0.380 e. The molecule has 2 heterocycles. The van der Waals surface area contributed by atoms with E-state index in [-0.39, 0.29) is 5.82 Å². The van der Waals surface area contributed by atoms with Gasteiger partial charge < -0.3 is 5.32 Å². The first-order valence-electron chi connectivity index (χ1n) is 6.57. The monoisotopic (exact) mass is 299 g/mol. The topological polar surface area (TPSA) is 37.8 Å². The molecule has 0 saturated heterocycles. The highest BCUT2D eigenvalue weighted by Gasteiger charge is 2.08. The second-order valence-corrected chi connectivity index (χ2v) is 5.91. The zero-order chi connectivity index (χ0) is 14.7. The van der Waals surface area contributed by atoms with Crippen LogP contribution in [-0.2, 0) is 6.54 Å². The van der Waals surface area contributed by atoms with Gasteiger partial charge in [0.2, 0.25) is 0 Å². The van der Waals surface area contributed by atoms with Crippen molar-refractivity contribution in [1.82, 2.24) is 9.97 Å². The summed E-state index contributed by atoms with van der Waals surface area (Å²) >= 11 is 1.68. The van der Waals surface area contributed by atoms with Crippen LogP contribution in [0.2, 0.25) is 0 Å². The number of thiophene rings is 1. The number of aromatic nitrogens is 2. The van der Waals surface area contributed by atoms with Crippen molar-refractivity contribution in [2.75, 3.05) is 5.32 Å². The summed E-state index contributed by atoms with van der Waals surface area (Å²) in [6.45, 7) is 2.73. The van der Waals surface area contributed by atoms with E-state index in [1.165, 1.54) is 17.0 Å². The van der Waals surface area contributed by atoms with Gasteiger partial charge in [-0.3, -0.25) is 9.97 Å². The van der Waals surface area contributed by atoms with Gasteiger partial charge in [-0.1, -0.05) is 12.1 Å². The van der Waals surface area contributed by atoms with E-state index in [0.29, 0.717) is 6.54 Å². The maximum Gasteiger partial charge on any atom is 0.123 e. The van der Waals surface area contributed by atoms with Crippen molar-refractivity contribution in [3.05, 3.63) is 65.2 Å². The van der Waals surface area contributed by atoms with Gasteiger partial charge in [0.1, 0.15) is 5.82 Å². The minimum Gasteiger partial charge on any atom is -0.380 e. The van der Waals surface area contributed by atoms with E-state index in [0.717, 1.165) is 21.8 Å². The molecular weight excluding hydrogens is 285 g/mol. The van der Waals surface area contributed by atoms with E-state index in [4.69, 9.17) is 0 Å². The van der Waals surface area contributed by atoms with Crippen molar-refractivity contribution in [1.29, 1.82) is 0 Å². The summed E-state index contributed by atoms with van der Waals surface area (Å²) in [7, 11) is 0. The van der Waals surface area contributed by atoms with Crippen LogP contribution < -0.4 is 5.32 Å². The Labute approximate surface area is 126 Å². The number of benzene rings is 1. The maximum absolute atomic E-state index is 12.9. The third kappa shape index (κ3) is 3.25. The molecule has 0 radical (unpaired) electrons. The van der Waals surface area contributed by atoms with Crippen LogP contribution in [0.5, 0.6) is 0 Å². The van der Waals surface area contributed by atoms with Crippen molar-refractivity contribution in [3.8, 4) is 10.6 Å². The molecule has 1 aromatic carbocycles. The van der Waals surface area contributed by atoms with Crippen LogP contribution in [0.25, 0.3) is 10.6 Å². The molecule has 0 aliphatic heterocycles. The Morgan fingerprint density at radius 3 is 2.71 bits per heavy atom. The molecule has 0 fully saturated rings. The van der Waals surface area contributed by atoms with Gasteiger partial charge in [0, 0.05) is 29.5 Å². The lowest BCUT2D eigenvalue weighted by molar-refractivity contribution is 0.627. The fourth-order valence-corrected chi connectivity index (χ4v) is 2.97. The molecule has 0 aliphatic rings. The summed E-state index contributed by atoms with van der Waals surface area (Å²) < 4.78 is 12.9. The third-order valence-electron chi connectivity index (χ3n) is 3.13. The maximum atomic E-state index is 12.9. The molecule has 1 N–H and O–H groups in total. The number of halogens is 1. The van der Waals surface area contributed by atoms with Gasteiger partial charge in [-0.05, 0) is 30.7 Å². The Hall–Kier alpha value is -2.27. The molecule has 21 heavy (non-hydrogen) atoms. The second-order valence-electron chi connectivity index (χ2n) is 4.65. The molecular formula is C16H14FN3S. The molecule has 5 heteroatoms. The number of rotatable bonds is 4. The molecule has 3 rings (SSSR count). The molecule has 3 nitrogen and oxygen atoms in total. The first-order valence-corrected chi connectivity index (χ1v) is 7.39. The predicted octanol–water partition coefficient (Wildman–Crippen LogP) is 4.26. The molecule has 0 saturated carbocycles. The van der Waals surface area contributed by atoms with Crippen molar-refractivity contribution >= 4 is 17.0 Å². The number of nitrogens with one attached hydrogen (secondary N) is 1. The van der Waals surface area contributed by atoms with Crippen LogP contribution >= 0.6 is 11.3 Å². The summed E-state index contributed by atoms with van der Waals surface area (Å²) in [5.74, 6) is -0.213. The van der Waals surface area contributed by atoms with Gasteiger partial charge in [-0.25, -0.2) is 4.39 Å². The Morgan fingerprint density at radius 2 is 2.00 bits per heavy atom. The fourth-order valence-electron chi connectivity index (χ4n) is 2.01. The van der Waals surface area contributed by atoms with Crippen molar-refractivity contribution in [2.45, 2.75) is 13.5 Å². The highest BCUT2D eigenvalue weighted by molar-refractivity contribution is 7.16. The lowest BCUT2D eigenvalue weighted by atomic mass is 10.2. The van der Waals surface area contributed by atoms with Crippen LogP contribution in [0.3, 0.4) is 0 Å². The average Bonchev–Trinajstić information content (AvgIpc) is 2.89. The standard InChI is InChI=1S/C16H14FN3S/c1-11-14(20-9-12-2-4-13(17)5-3-12)8-16(21-11)15-10-18-6-7-19-15/h2-8,10,20H,9H2,1H3. The van der Waals surface area contributed by atoms with E-state index in [9.17, 15) is 4.39 Å². The van der Waals surface area contributed by atoms with Crippen molar-refractivity contribution in [3.63, 3.8) is 0 Å². The van der Waals surface area contributed by atoms with Crippen molar-refractivity contribution < 1.29 is 4.39 Å². The van der Waals surface area contributed by atoms with Crippen LogP contribution in [-0.4, -0.2) is 9.97 Å². The Morgan fingerprint density at radius 1 is 1.19 bits per heavy atom. The lowest BCUT2D eigenvalue weighted by Gasteiger charge is -2.05. The summed E-state index contributed by atoms with van der Waals surface area (Å²) in [6.07, 6.45) is 5.11. The number of anilines is 1. The average molecular weight is 299 g/mol. The Bertz CT molecular complexity index is 723. The molecule has 0 bridgehead atoms. The predicted molar refractivity (Wildman–Crippen MR) is 83.8 cm³/mol. The zero-order valence-corrected chi connectivity index (χ0v) is 12.3. The Kier molecular flexibility index (Phi) is 3.92. The van der Waals surface area contributed by atoms with Gasteiger partial charge >= 0.3 is 0 Å². The fraction of sp³-hybridized carbons (Fsp3) is 0.125. The zero-order valence-electron chi connectivity index (χ0n) is 11.5. The summed E-state index contributed by atoms with van der Waals surface area (Å²) in [5, 5.41) is 3.38. The van der Waals surface area contributed by atoms with E-state index in [1.807, 2.05) is 0 Å². The highest BCUT2D eigenvalue weighted by Crippen LogP contribution is 2.33. The van der Waals surface area contributed by atoms with Crippen LogP contribution in [0.15, 0.2) is 48.9 Å². The molecule has 0 spiro atoms. The SMILES string of the molecule is Cc1sc(-c2cnccn2)cc1NCc1ccc(F)cc1. The molecule has 3 aromatic rings. The normalized spacial score (nSPS) is 10.6. The van der Waals surface area contributed by atoms with Gasteiger partial charge in [-0.15, -0.1) is 11.3 Å². The van der Waals surface area contributed by atoms with E-state index in [1.54, 1.807) is 42.1 Å². The summed E-state index contributed by atoms with van der Waals surface area (Å²) in [4.78, 5) is 10.7. The highest BCUT2D eigenvalue weighted by atomic mass is 32.1.